The van der Waals surface area contributed by atoms with Gasteiger partial charge in [0.05, 0.1) is 26.0 Å². The molecule has 4 rings (SSSR count). The van der Waals surface area contributed by atoms with E-state index in [4.69, 9.17) is 19.6 Å². The number of carbonyl (C=O) groups excluding carboxylic acids is 1. The molecule has 0 aliphatic rings. The van der Waals surface area contributed by atoms with Gasteiger partial charge < -0.3 is 14.8 Å². The zero-order valence-electron chi connectivity index (χ0n) is 19.5. The number of rotatable bonds is 8. The SMILES string of the molecule is COc1cc(OC)cc(-c2cc3nc(C)c(CCC(=O)N[C@H](C)c4cccs4)c(C)n3n2)c1. The Hall–Kier alpha value is -3.39. The molecule has 0 saturated heterocycles. The molecule has 8 heteroatoms. The van der Waals surface area contributed by atoms with E-state index in [1.807, 2.05) is 67.1 Å². The molecule has 0 aliphatic heterocycles. The molecule has 0 bridgehead atoms. The summed E-state index contributed by atoms with van der Waals surface area (Å²) in [6.45, 7) is 6.01. The van der Waals surface area contributed by atoms with Crippen LogP contribution in [0.25, 0.3) is 16.9 Å². The van der Waals surface area contributed by atoms with Gasteiger partial charge in [-0.2, -0.15) is 5.10 Å². The molecular weight excluding hydrogens is 436 g/mol. The van der Waals surface area contributed by atoms with Gasteiger partial charge in [0.15, 0.2) is 5.65 Å². The minimum atomic E-state index is 0.00817. The first-order valence-electron chi connectivity index (χ1n) is 10.8. The maximum absolute atomic E-state index is 12.5. The van der Waals surface area contributed by atoms with Gasteiger partial charge in [0, 0.05) is 40.4 Å². The molecule has 0 radical (unpaired) electrons. The van der Waals surface area contributed by atoms with Gasteiger partial charge in [-0.3, -0.25) is 4.79 Å². The highest BCUT2D eigenvalue weighted by Gasteiger charge is 2.16. The Bertz CT molecular complexity index is 1260. The lowest BCUT2D eigenvalue weighted by Gasteiger charge is -2.14. The van der Waals surface area contributed by atoms with Crippen molar-refractivity contribution in [2.45, 2.75) is 39.7 Å². The number of carbonyl (C=O) groups is 1. The molecular formula is C25H28N4O3S. The number of ether oxygens (including phenoxy) is 2. The molecule has 1 N–H and O–H groups in total. The van der Waals surface area contributed by atoms with Crippen LogP contribution in [0.5, 0.6) is 11.5 Å². The van der Waals surface area contributed by atoms with Crippen LogP contribution in [-0.2, 0) is 11.2 Å². The van der Waals surface area contributed by atoms with Gasteiger partial charge in [0.1, 0.15) is 11.5 Å². The molecule has 3 heterocycles. The zero-order valence-corrected chi connectivity index (χ0v) is 20.3. The number of hydrogen-bond acceptors (Lipinski definition) is 6. The zero-order chi connectivity index (χ0) is 23.5. The number of nitrogens with one attached hydrogen (secondary N) is 1. The number of thiophene rings is 1. The molecule has 1 atom stereocenters. The van der Waals surface area contributed by atoms with Crippen molar-refractivity contribution < 1.29 is 14.3 Å². The summed E-state index contributed by atoms with van der Waals surface area (Å²) < 4.78 is 12.6. The van der Waals surface area contributed by atoms with E-state index < -0.39 is 0 Å². The first-order valence-corrected chi connectivity index (χ1v) is 11.7. The minimum Gasteiger partial charge on any atom is -0.497 e. The summed E-state index contributed by atoms with van der Waals surface area (Å²) in [5.41, 5.74) is 5.37. The number of fused-ring (bicyclic) bond motifs is 1. The highest BCUT2D eigenvalue weighted by Crippen LogP contribution is 2.30. The van der Waals surface area contributed by atoms with E-state index in [9.17, 15) is 4.79 Å². The standard InChI is InChI=1S/C25H28N4O3S/c1-15-21(8-9-25(30)27-16(2)23-7-6-10-33-23)17(3)29-24(26-15)14-22(28-29)18-11-19(31-4)13-20(12-18)32-5/h6-7,10-14,16H,8-9H2,1-5H3,(H,27,30)/t16-/m1/s1. The molecule has 0 saturated carbocycles. The van der Waals surface area contributed by atoms with E-state index in [2.05, 4.69) is 5.32 Å². The highest BCUT2D eigenvalue weighted by molar-refractivity contribution is 7.10. The van der Waals surface area contributed by atoms with Gasteiger partial charge in [-0.15, -0.1) is 11.3 Å². The molecule has 0 unspecified atom stereocenters. The Labute approximate surface area is 197 Å². The van der Waals surface area contributed by atoms with Gasteiger partial charge in [0.2, 0.25) is 5.91 Å². The van der Waals surface area contributed by atoms with Crippen molar-refractivity contribution in [1.29, 1.82) is 0 Å². The van der Waals surface area contributed by atoms with Crippen LogP contribution in [0.3, 0.4) is 0 Å². The van der Waals surface area contributed by atoms with Crippen LogP contribution in [0, 0.1) is 13.8 Å². The van der Waals surface area contributed by atoms with Gasteiger partial charge in [-0.05, 0) is 56.3 Å². The Kier molecular flexibility index (Phi) is 6.65. The maximum Gasteiger partial charge on any atom is 0.220 e. The number of aryl methyl sites for hydroxylation is 2. The second kappa shape index (κ2) is 9.62. The average Bonchev–Trinajstić information content (AvgIpc) is 3.49. The van der Waals surface area contributed by atoms with E-state index >= 15 is 0 Å². The number of amides is 1. The Balaban J connectivity index is 1.56. The Morgan fingerprint density at radius 1 is 1.15 bits per heavy atom. The largest absolute Gasteiger partial charge is 0.497 e. The molecule has 0 aliphatic carbocycles. The van der Waals surface area contributed by atoms with Crippen molar-refractivity contribution in [3.05, 3.63) is 63.6 Å². The topological polar surface area (TPSA) is 77.8 Å². The fraction of sp³-hybridized carbons (Fsp3) is 0.320. The molecule has 4 aromatic rings. The van der Waals surface area contributed by atoms with Crippen molar-refractivity contribution >= 4 is 22.9 Å². The smallest absolute Gasteiger partial charge is 0.220 e. The molecule has 33 heavy (non-hydrogen) atoms. The monoisotopic (exact) mass is 464 g/mol. The molecule has 0 spiro atoms. The third-order valence-corrected chi connectivity index (χ3v) is 6.82. The normalized spacial score (nSPS) is 12.0. The van der Waals surface area contributed by atoms with Crippen LogP contribution in [0.2, 0.25) is 0 Å². The van der Waals surface area contributed by atoms with Gasteiger partial charge >= 0.3 is 0 Å². The Morgan fingerprint density at radius 3 is 2.52 bits per heavy atom. The molecule has 0 fully saturated rings. The number of benzene rings is 1. The third-order valence-electron chi connectivity index (χ3n) is 5.76. The lowest BCUT2D eigenvalue weighted by molar-refractivity contribution is -0.121. The van der Waals surface area contributed by atoms with Crippen LogP contribution >= 0.6 is 11.3 Å². The van der Waals surface area contributed by atoms with E-state index in [-0.39, 0.29) is 11.9 Å². The first-order chi connectivity index (χ1) is 15.9. The van der Waals surface area contributed by atoms with E-state index in [0.29, 0.717) is 24.3 Å². The van der Waals surface area contributed by atoms with Gasteiger partial charge in [-0.1, -0.05) is 6.07 Å². The number of aromatic nitrogens is 3. The third kappa shape index (κ3) is 4.85. The predicted octanol–water partition coefficient (Wildman–Crippen LogP) is 4.90. The minimum absolute atomic E-state index is 0.00817. The number of nitrogens with zero attached hydrogens (tertiary/aromatic N) is 3. The van der Waals surface area contributed by atoms with Gasteiger partial charge in [0.25, 0.3) is 0 Å². The summed E-state index contributed by atoms with van der Waals surface area (Å²) >= 11 is 1.65. The fourth-order valence-corrected chi connectivity index (χ4v) is 4.68. The fourth-order valence-electron chi connectivity index (χ4n) is 3.95. The summed E-state index contributed by atoms with van der Waals surface area (Å²) in [5, 5.41) is 9.89. The van der Waals surface area contributed by atoms with Crippen molar-refractivity contribution in [2.24, 2.45) is 0 Å². The maximum atomic E-state index is 12.5. The van der Waals surface area contributed by atoms with Crippen LogP contribution in [0.4, 0.5) is 0 Å². The van der Waals surface area contributed by atoms with Crippen LogP contribution < -0.4 is 14.8 Å². The first kappa shape index (κ1) is 22.8. The quantitative estimate of drug-likeness (QED) is 0.401. The number of hydrogen-bond donors (Lipinski definition) is 1. The molecule has 3 aromatic heterocycles. The second-order valence-corrected chi connectivity index (χ2v) is 8.95. The van der Waals surface area contributed by atoms with Crippen molar-refractivity contribution in [3.8, 4) is 22.8 Å². The highest BCUT2D eigenvalue weighted by atomic mass is 32.1. The lowest BCUT2D eigenvalue weighted by atomic mass is 10.1. The summed E-state index contributed by atoms with van der Waals surface area (Å²) in [4.78, 5) is 18.5. The summed E-state index contributed by atoms with van der Waals surface area (Å²) in [6.07, 6.45) is 0.998. The van der Waals surface area contributed by atoms with E-state index in [1.165, 1.54) is 0 Å². The van der Waals surface area contributed by atoms with Crippen molar-refractivity contribution in [3.63, 3.8) is 0 Å². The van der Waals surface area contributed by atoms with Crippen LogP contribution in [0.15, 0.2) is 41.8 Å². The summed E-state index contributed by atoms with van der Waals surface area (Å²) in [6, 6.07) is 11.7. The lowest BCUT2D eigenvalue weighted by Crippen LogP contribution is -2.26. The van der Waals surface area contributed by atoms with Crippen molar-refractivity contribution in [1.82, 2.24) is 19.9 Å². The summed E-state index contributed by atoms with van der Waals surface area (Å²) in [5.74, 6) is 1.43. The van der Waals surface area contributed by atoms with E-state index in [1.54, 1.807) is 25.6 Å². The van der Waals surface area contributed by atoms with Crippen LogP contribution in [0.1, 0.15) is 41.2 Å². The van der Waals surface area contributed by atoms with Gasteiger partial charge in [-0.25, -0.2) is 9.50 Å². The molecule has 172 valence electrons. The second-order valence-electron chi connectivity index (χ2n) is 7.97. The molecule has 1 amide bonds. The molecule has 1 aromatic carbocycles. The van der Waals surface area contributed by atoms with Crippen molar-refractivity contribution in [2.75, 3.05) is 14.2 Å². The predicted molar refractivity (Wildman–Crippen MR) is 130 cm³/mol. The Morgan fingerprint density at radius 2 is 1.88 bits per heavy atom. The van der Waals surface area contributed by atoms with Crippen LogP contribution in [-0.4, -0.2) is 34.7 Å². The van der Waals surface area contributed by atoms with E-state index in [0.717, 1.165) is 38.7 Å². The average molecular weight is 465 g/mol. The number of methoxy groups -OCH3 is 2. The summed E-state index contributed by atoms with van der Waals surface area (Å²) in [7, 11) is 3.25. The molecule has 7 nitrogen and oxygen atoms in total.